The molecular weight excluding hydrogens is 356 g/mol. The third kappa shape index (κ3) is 3.40. The zero-order valence-electron chi connectivity index (χ0n) is 12.0. The van der Waals surface area contributed by atoms with Crippen LogP contribution in [-0.2, 0) is 0 Å². The summed E-state index contributed by atoms with van der Waals surface area (Å²) in [6.07, 6.45) is 1.45. The topological polar surface area (TPSA) is 61.7 Å². The number of aromatic hydroxyl groups is 1. The van der Waals surface area contributed by atoms with Crippen LogP contribution in [0.1, 0.15) is 15.9 Å². The molecule has 114 valence electrons. The zero-order valence-corrected chi connectivity index (χ0v) is 13.6. The number of hydrogen-bond donors (Lipinski definition) is 2. The van der Waals surface area contributed by atoms with Crippen molar-refractivity contribution >= 4 is 38.8 Å². The van der Waals surface area contributed by atoms with Crippen LogP contribution in [0.25, 0.3) is 10.8 Å². The summed E-state index contributed by atoms with van der Waals surface area (Å²) in [6.45, 7) is 0. The van der Waals surface area contributed by atoms with Gasteiger partial charge in [-0.05, 0) is 41.1 Å². The summed E-state index contributed by atoms with van der Waals surface area (Å²) >= 11 is 3.32. The summed E-state index contributed by atoms with van der Waals surface area (Å²) in [4.78, 5) is 12.0. The third-order valence-electron chi connectivity index (χ3n) is 3.41. The number of benzene rings is 3. The Labute approximate surface area is 141 Å². The highest BCUT2D eigenvalue weighted by Gasteiger charge is 2.06. The molecule has 2 N–H and O–H groups in total. The lowest BCUT2D eigenvalue weighted by Gasteiger charge is -2.05. The van der Waals surface area contributed by atoms with E-state index in [0.29, 0.717) is 11.1 Å². The molecule has 0 fully saturated rings. The maximum atomic E-state index is 12.0. The van der Waals surface area contributed by atoms with E-state index in [1.807, 2.05) is 30.3 Å². The number of phenolic OH excluding ortho intramolecular Hbond substituents is 1. The lowest BCUT2D eigenvalue weighted by atomic mass is 10.0. The van der Waals surface area contributed by atoms with E-state index in [1.165, 1.54) is 6.21 Å². The average molecular weight is 369 g/mol. The SMILES string of the molecule is O=C(N/N=C/c1c(O)ccc2ccccc12)c1ccc(Br)cc1. The summed E-state index contributed by atoms with van der Waals surface area (Å²) in [5.74, 6) is -0.196. The number of rotatable bonds is 3. The van der Waals surface area contributed by atoms with Crippen LogP contribution in [0.5, 0.6) is 5.75 Å². The van der Waals surface area contributed by atoms with Gasteiger partial charge in [0.15, 0.2) is 0 Å². The van der Waals surface area contributed by atoms with Gasteiger partial charge in [0, 0.05) is 15.6 Å². The van der Waals surface area contributed by atoms with Crippen LogP contribution in [-0.4, -0.2) is 17.2 Å². The summed E-state index contributed by atoms with van der Waals surface area (Å²) < 4.78 is 0.901. The minimum Gasteiger partial charge on any atom is -0.507 e. The first-order chi connectivity index (χ1) is 11.1. The molecule has 5 heteroatoms. The Morgan fingerprint density at radius 3 is 2.57 bits per heavy atom. The Balaban J connectivity index is 1.82. The van der Waals surface area contributed by atoms with Crippen LogP contribution in [0.3, 0.4) is 0 Å². The number of hydrazone groups is 1. The molecule has 23 heavy (non-hydrogen) atoms. The molecule has 3 aromatic rings. The van der Waals surface area contributed by atoms with Crippen molar-refractivity contribution < 1.29 is 9.90 Å². The second-order valence-electron chi connectivity index (χ2n) is 4.93. The molecule has 0 aliphatic heterocycles. The second-order valence-corrected chi connectivity index (χ2v) is 5.84. The Morgan fingerprint density at radius 2 is 1.78 bits per heavy atom. The molecule has 0 heterocycles. The van der Waals surface area contributed by atoms with E-state index >= 15 is 0 Å². The van der Waals surface area contributed by atoms with Gasteiger partial charge in [-0.3, -0.25) is 4.79 Å². The lowest BCUT2D eigenvalue weighted by Crippen LogP contribution is -2.17. The van der Waals surface area contributed by atoms with Crippen molar-refractivity contribution in [3.63, 3.8) is 0 Å². The molecule has 3 aromatic carbocycles. The van der Waals surface area contributed by atoms with E-state index < -0.39 is 0 Å². The van der Waals surface area contributed by atoms with E-state index in [-0.39, 0.29) is 11.7 Å². The minimum absolute atomic E-state index is 0.116. The first kappa shape index (κ1) is 15.2. The number of fused-ring (bicyclic) bond motifs is 1. The van der Waals surface area contributed by atoms with Crippen LogP contribution >= 0.6 is 15.9 Å². The van der Waals surface area contributed by atoms with Crippen LogP contribution in [0.2, 0.25) is 0 Å². The van der Waals surface area contributed by atoms with E-state index in [0.717, 1.165) is 15.2 Å². The molecule has 0 bridgehead atoms. The summed E-state index contributed by atoms with van der Waals surface area (Å²) in [7, 11) is 0. The van der Waals surface area contributed by atoms with Gasteiger partial charge in [-0.15, -0.1) is 0 Å². The number of nitrogens with zero attached hydrogens (tertiary/aromatic N) is 1. The molecule has 0 unspecified atom stereocenters. The van der Waals surface area contributed by atoms with Crippen LogP contribution in [0.15, 0.2) is 70.2 Å². The molecule has 0 aliphatic rings. The van der Waals surface area contributed by atoms with Crippen molar-refractivity contribution in [2.45, 2.75) is 0 Å². The van der Waals surface area contributed by atoms with E-state index in [4.69, 9.17) is 0 Å². The maximum absolute atomic E-state index is 12.0. The fraction of sp³-hybridized carbons (Fsp3) is 0. The summed E-state index contributed by atoms with van der Waals surface area (Å²) in [5.41, 5.74) is 3.54. The van der Waals surface area contributed by atoms with Crippen LogP contribution < -0.4 is 5.43 Å². The molecule has 0 atom stereocenters. The lowest BCUT2D eigenvalue weighted by molar-refractivity contribution is 0.0955. The maximum Gasteiger partial charge on any atom is 0.271 e. The highest BCUT2D eigenvalue weighted by molar-refractivity contribution is 9.10. The first-order valence-corrected chi connectivity index (χ1v) is 7.74. The van der Waals surface area contributed by atoms with Crippen LogP contribution in [0.4, 0.5) is 0 Å². The van der Waals surface area contributed by atoms with Crippen molar-refractivity contribution in [1.82, 2.24) is 5.43 Å². The number of phenols is 1. The summed E-state index contributed by atoms with van der Waals surface area (Å²) in [6, 6.07) is 18.1. The van der Waals surface area contributed by atoms with Gasteiger partial charge in [0.2, 0.25) is 0 Å². The number of halogens is 1. The Bertz CT molecular complexity index is 889. The normalized spacial score (nSPS) is 11.0. The van der Waals surface area contributed by atoms with Crippen molar-refractivity contribution in [2.75, 3.05) is 0 Å². The molecule has 0 spiro atoms. The van der Waals surface area contributed by atoms with E-state index in [2.05, 4.69) is 26.5 Å². The van der Waals surface area contributed by atoms with Gasteiger partial charge in [-0.1, -0.05) is 46.3 Å². The molecule has 4 nitrogen and oxygen atoms in total. The van der Waals surface area contributed by atoms with Gasteiger partial charge in [-0.2, -0.15) is 5.10 Å². The number of carbonyl (C=O) groups is 1. The Hall–Kier alpha value is -2.66. The van der Waals surface area contributed by atoms with Gasteiger partial charge in [0.1, 0.15) is 5.75 Å². The zero-order chi connectivity index (χ0) is 16.2. The van der Waals surface area contributed by atoms with Crippen molar-refractivity contribution in [3.8, 4) is 5.75 Å². The van der Waals surface area contributed by atoms with Gasteiger partial charge in [0.25, 0.3) is 5.91 Å². The predicted octanol–water partition coefficient (Wildman–Crippen LogP) is 4.07. The van der Waals surface area contributed by atoms with Crippen LogP contribution in [0, 0.1) is 0 Å². The number of nitrogens with one attached hydrogen (secondary N) is 1. The van der Waals surface area contributed by atoms with Crippen molar-refractivity contribution in [2.24, 2.45) is 5.10 Å². The highest BCUT2D eigenvalue weighted by Crippen LogP contribution is 2.25. The average Bonchev–Trinajstić information content (AvgIpc) is 2.57. The molecule has 0 saturated carbocycles. The molecule has 0 aromatic heterocycles. The smallest absolute Gasteiger partial charge is 0.271 e. The highest BCUT2D eigenvalue weighted by atomic mass is 79.9. The first-order valence-electron chi connectivity index (χ1n) is 6.95. The number of carbonyl (C=O) groups excluding carboxylic acids is 1. The standard InChI is InChI=1S/C18H13BrN2O2/c19-14-8-5-13(6-9-14)18(23)21-20-11-16-15-4-2-1-3-12(15)7-10-17(16)22/h1-11,22H,(H,21,23)/b20-11+. The molecule has 0 saturated heterocycles. The van der Waals surface area contributed by atoms with Crippen molar-refractivity contribution in [3.05, 3.63) is 76.3 Å². The van der Waals surface area contributed by atoms with E-state index in [9.17, 15) is 9.90 Å². The summed E-state index contributed by atoms with van der Waals surface area (Å²) in [5, 5.41) is 15.8. The molecule has 0 aliphatic carbocycles. The Kier molecular flexibility index (Phi) is 4.39. The monoisotopic (exact) mass is 368 g/mol. The molecule has 1 amide bonds. The second kappa shape index (κ2) is 6.62. The van der Waals surface area contributed by atoms with E-state index in [1.54, 1.807) is 30.3 Å². The third-order valence-corrected chi connectivity index (χ3v) is 3.94. The molecule has 0 radical (unpaired) electrons. The van der Waals surface area contributed by atoms with Gasteiger partial charge in [0.05, 0.1) is 6.21 Å². The molecule has 3 rings (SSSR count). The quantitative estimate of drug-likeness (QED) is 0.540. The van der Waals surface area contributed by atoms with Gasteiger partial charge >= 0.3 is 0 Å². The largest absolute Gasteiger partial charge is 0.507 e. The van der Waals surface area contributed by atoms with Crippen molar-refractivity contribution in [1.29, 1.82) is 0 Å². The molecular formula is C18H13BrN2O2. The Morgan fingerprint density at radius 1 is 1.04 bits per heavy atom. The minimum atomic E-state index is -0.312. The number of amides is 1. The fourth-order valence-corrected chi connectivity index (χ4v) is 2.51. The van der Waals surface area contributed by atoms with Gasteiger partial charge < -0.3 is 5.11 Å². The fourth-order valence-electron chi connectivity index (χ4n) is 2.24. The number of hydrogen-bond acceptors (Lipinski definition) is 3. The predicted molar refractivity (Wildman–Crippen MR) is 94.8 cm³/mol. The van der Waals surface area contributed by atoms with Gasteiger partial charge in [-0.25, -0.2) is 5.43 Å².